The highest BCUT2D eigenvalue weighted by atomic mass is 32.1. The van der Waals surface area contributed by atoms with E-state index in [-0.39, 0.29) is 34.5 Å². The lowest BCUT2D eigenvalue weighted by molar-refractivity contribution is -0.136. The van der Waals surface area contributed by atoms with Gasteiger partial charge in [-0.25, -0.2) is 4.98 Å². The van der Waals surface area contributed by atoms with Crippen molar-refractivity contribution in [1.82, 2.24) is 14.5 Å². The standard InChI is InChI=1S/C17H14F3N3O3S/c18-17(19,20)10-7-11(12-4-2-6-26-12)21-14-13(10)15(24)22-16(27)23(14)8-9-3-1-5-25-9/h2,4,6-7,9H,1,3,5,8H2,(H,22,24,27)/t9-/m1/s1. The Morgan fingerprint density at radius 1 is 1.41 bits per heavy atom. The van der Waals surface area contributed by atoms with Crippen LogP contribution in [0.5, 0.6) is 0 Å². The lowest BCUT2D eigenvalue weighted by Crippen LogP contribution is -2.24. The smallest absolute Gasteiger partial charge is 0.417 e. The highest BCUT2D eigenvalue weighted by molar-refractivity contribution is 7.71. The molecule has 0 spiro atoms. The number of furan rings is 1. The molecule has 1 aliphatic rings. The molecule has 3 aromatic rings. The van der Waals surface area contributed by atoms with Crippen LogP contribution in [0.25, 0.3) is 22.5 Å². The van der Waals surface area contributed by atoms with Crippen LogP contribution in [0, 0.1) is 4.77 Å². The number of H-pyrrole nitrogens is 1. The van der Waals surface area contributed by atoms with E-state index < -0.39 is 22.7 Å². The first-order valence-electron chi connectivity index (χ1n) is 8.25. The van der Waals surface area contributed by atoms with Crippen LogP contribution < -0.4 is 5.56 Å². The number of aromatic nitrogens is 3. The van der Waals surface area contributed by atoms with Crippen molar-refractivity contribution in [3.63, 3.8) is 0 Å². The second kappa shape index (κ2) is 6.61. The van der Waals surface area contributed by atoms with Crippen LogP contribution in [0.3, 0.4) is 0 Å². The molecule has 4 heterocycles. The average molecular weight is 397 g/mol. The normalized spacial score (nSPS) is 17.7. The van der Waals surface area contributed by atoms with E-state index in [4.69, 9.17) is 21.4 Å². The predicted molar refractivity (Wildman–Crippen MR) is 92.9 cm³/mol. The van der Waals surface area contributed by atoms with Crippen LogP contribution in [0.4, 0.5) is 13.2 Å². The number of hydrogen-bond acceptors (Lipinski definition) is 5. The first-order valence-corrected chi connectivity index (χ1v) is 8.66. The van der Waals surface area contributed by atoms with E-state index in [2.05, 4.69) is 9.97 Å². The number of nitrogens with zero attached hydrogens (tertiary/aromatic N) is 2. The molecule has 6 nitrogen and oxygen atoms in total. The molecular formula is C17H14F3N3O3S. The van der Waals surface area contributed by atoms with Crippen molar-refractivity contribution >= 4 is 23.3 Å². The fraction of sp³-hybridized carbons (Fsp3) is 0.353. The largest absolute Gasteiger partial charge is 0.463 e. The van der Waals surface area contributed by atoms with Crippen LogP contribution in [0.2, 0.25) is 0 Å². The topological polar surface area (TPSA) is 73.0 Å². The maximum atomic E-state index is 13.7. The van der Waals surface area contributed by atoms with Crippen molar-refractivity contribution in [3.05, 3.63) is 45.2 Å². The molecule has 0 bridgehead atoms. The first kappa shape index (κ1) is 17.9. The van der Waals surface area contributed by atoms with Crippen LogP contribution in [-0.2, 0) is 17.5 Å². The van der Waals surface area contributed by atoms with Gasteiger partial charge in [0, 0.05) is 6.61 Å². The Morgan fingerprint density at radius 3 is 2.85 bits per heavy atom. The molecule has 1 fully saturated rings. The molecule has 0 aromatic carbocycles. The number of hydrogen-bond donors (Lipinski definition) is 1. The minimum absolute atomic E-state index is 0.000203. The fourth-order valence-corrected chi connectivity index (χ4v) is 3.46. The summed E-state index contributed by atoms with van der Waals surface area (Å²) in [6.45, 7) is 0.788. The molecule has 1 atom stereocenters. The molecule has 10 heteroatoms. The molecule has 1 N–H and O–H groups in total. The number of pyridine rings is 1. The summed E-state index contributed by atoms with van der Waals surface area (Å²) in [5.74, 6) is 0.164. The van der Waals surface area contributed by atoms with Gasteiger partial charge < -0.3 is 9.15 Å². The van der Waals surface area contributed by atoms with E-state index in [1.165, 1.54) is 16.9 Å². The first-order chi connectivity index (χ1) is 12.8. The molecule has 142 valence electrons. The van der Waals surface area contributed by atoms with Crippen molar-refractivity contribution in [3.8, 4) is 11.5 Å². The van der Waals surface area contributed by atoms with Crippen molar-refractivity contribution in [1.29, 1.82) is 0 Å². The summed E-state index contributed by atoms with van der Waals surface area (Å²) in [6.07, 6.45) is -2.00. The zero-order chi connectivity index (χ0) is 19.2. The second-order valence-corrected chi connectivity index (χ2v) is 6.62. The number of fused-ring (bicyclic) bond motifs is 1. The average Bonchev–Trinajstić information content (AvgIpc) is 3.30. The zero-order valence-corrected chi connectivity index (χ0v) is 14.7. The van der Waals surface area contributed by atoms with Gasteiger partial charge in [0.2, 0.25) is 0 Å². The lowest BCUT2D eigenvalue weighted by Gasteiger charge is -2.17. The van der Waals surface area contributed by atoms with Gasteiger partial charge in [0.15, 0.2) is 10.5 Å². The summed E-state index contributed by atoms with van der Waals surface area (Å²) in [5.41, 5.74) is -2.18. The Kier molecular flexibility index (Phi) is 4.39. The molecular weight excluding hydrogens is 383 g/mol. The van der Waals surface area contributed by atoms with Crippen LogP contribution in [0.1, 0.15) is 18.4 Å². The van der Waals surface area contributed by atoms with Gasteiger partial charge in [0.1, 0.15) is 11.3 Å². The van der Waals surface area contributed by atoms with Gasteiger partial charge in [0.05, 0.1) is 29.9 Å². The molecule has 1 saturated heterocycles. The number of ether oxygens (including phenoxy) is 1. The molecule has 0 unspecified atom stereocenters. The molecule has 0 saturated carbocycles. The predicted octanol–water partition coefficient (Wildman–Crippen LogP) is 3.91. The van der Waals surface area contributed by atoms with Gasteiger partial charge in [-0.1, -0.05) is 0 Å². The van der Waals surface area contributed by atoms with Gasteiger partial charge in [-0.15, -0.1) is 0 Å². The minimum Gasteiger partial charge on any atom is -0.463 e. The van der Waals surface area contributed by atoms with Crippen molar-refractivity contribution in [2.24, 2.45) is 0 Å². The van der Waals surface area contributed by atoms with Crippen molar-refractivity contribution in [2.45, 2.75) is 31.7 Å². The third-order valence-corrected chi connectivity index (χ3v) is 4.76. The molecule has 27 heavy (non-hydrogen) atoms. The number of nitrogens with one attached hydrogen (secondary N) is 1. The SMILES string of the molecule is O=c1[nH]c(=S)n(C[C@H]2CCCO2)c2nc(-c3ccco3)cc(C(F)(F)F)c12. The van der Waals surface area contributed by atoms with Gasteiger partial charge >= 0.3 is 6.18 Å². The minimum atomic E-state index is -4.75. The van der Waals surface area contributed by atoms with Gasteiger partial charge in [-0.05, 0) is 43.3 Å². The zero-order valence-electron chi connectivity index (χ0n) is 13.9. The Morgan fingerprint density at radius 2 is 2.22 bits per heavy atom. The molecule has 1 aliphatic heterocycles. The second-order valence-electron chi connectivity index (χ2n) is 6.23. The quantitative estimate of drug-likeness (QED) is 0.679. The lowest BCUT2D eigenvalue weighted by atomic mass is 10.1. The summed E-state index contributed by atoms with van der Waals surface area (Å²) >= 11 is 5.19. The Balaban J connectivity index is 2.04. The van der Waals surface area contributed by atoms with Gasteiger partial charge in [-0.2, -0.15) is 13.2 Å². The van der Waals surface area contributed by atoms with Crippen molar-refractivity contribution in [2.75, 3.05) is 6.61 Å². The van der Waals surface area contributed by atoms with E-state index in [0.29, 0.717) is 6.61 Å². The summed E-state index contributed by atoms with van der Waals surface area (Å²) in [7, 11) is 0. The maximum Gasteiger partial charge on any atom is 0.417 e. The number of aromatic amines is 1. The third-order valence-electron chi connectivity index (χ3n) is 4.44. The van der Waals surface area contributed by atoms with E-state index in [9.17, 15) is 18.0 Å². The Bertz CT molecular complexity index is 1100. The van der Waals surface area contributed by atoms with Crippen LogP contribution >= 0.6 is 12.2 Å². The molecule has 4 rings (SSSR count). The van der Waals surface area contributed by atoms with Gasteiger partial charge in [-0.3, -0.25) is 14.3 Å². The van der Waals surface area contributed by atoms with Gasteiger partial charge in [0.25, 0.3) is 5.56 Å². The summed E-state index contributed by atoms with van der Waals surface area (Å²) in [4.78, 5) is 18.9. The van der Waals surface area contributed by atoms with E-state index in [1.807, 2.05) is 0 Å². The van der Waals surface area contributed by atoms with E-state index >= 15 is 0 Å². The van der Waals surface area contributed by atoms with Crippen molar-refractivity contribution < 1.29 is 22.3 Å². The Hall–Kier alpha value is -2.46. The summed E-state index contributed by atoms with van der Waals surface area (Å²) < 4.78 is 53.2. The summed E-state index contributed by atoms with van der Waals surface area (Å²) in [5, 5.41) is -0.551. The molecule has 0 aliphatic carbocycles. The fourth-order valence-electron chi connectivity index (χ4n) is 3.21. The van der Waals surface area contributed by atoms with E-state index in [1.54, 1.807) is 6.07 Å². The molecule has 0 radical (unpaired) electrons. The highest BCUT2D eigenvalue weighted by Crippen LogP contribution is 2.35. The highest BCUT2D eigenvalue weighted by Gasteiger charge is 2.36. The number of halogens is 3. The molecule has 0 amide bonds. The Labute approximate surface area is 155 Å². The third kappa shape index (κ3) is 3.30. The maximum absolute atomic E-state index is 13.7. The monoisotopic (exact) mass is 397 g/mol. The number of rotatable bonds is 3. The number of alkyl halides is 3. The van der Waals surface area contributed by atoms with E-state index in [0.717, 1.165) is 18.9 Å². The summed E-state index contributed by atoms with van der Waals surface area (Å²) in [6, 6.07) is 3.86. The van der Waals surface area contributed by atoms with Crippen LogP contribution in [-0.4, -0.2) is 27.2 Å². The molecule has 3 aromatic heterocycles. The van der Waals surface area contributed by atoms with Crippen LogP contribution in [0.15, 0.2) is 33.7 Å².